The van der Waals surface area contributed by atoms with E-state index in [1.807, 2.05) is 30.3 Å². The molecular formula is C10H12ClNO. The number of amides is 1. The van der Waals surface area contributed by atoms with Crippen LogP contribution in [0, 0.1) is 0 Å². The van der Waals surface area contributed by atoms with Crippen LogP contribution in [0.25, 0.3) is 0 Å². The molecule has 1 amide bonds. The van der Waals surface area contributed by atoms with E-state index in [0.29, 0.717) is 19.0 Å². The predicted octanol–water partition coefficient (Wildman–Crippen LogP) is 1.88. The zero-order valence-electron chi connectivity index (χ0n) is 7.32. The Morgan fingerprint density at radius 3 is 2.54 bits per heavy atom. The first-order chi connectivity index (χ1) is 6.36. The molecule has 0 radical (unpaired) electrons. The summed E-state index contributed by atoms with van der Waals surface area (Å²) >= 11 is 5.54. The quantitative estimate of drug-likeness (QED) is 0.522. The van der Waals surface area contributed by atoms with Crippen molar-refractivity contribution in [2.24, 2.45) is 0 Å². The van der Waals surface area contributed by atoms with Crippen LogP contribution in [0.1, 0.15) is 5.56 Å². The maximum Gasteiger partial charge on any atom is 0.210 e. The van der Waals surface area contributed by atoms with Gasteiger partial charge in [-0.3, -0.25) is 4.79 Å². The van der Waals surface area contributed by atoms with E-state index in [1.165, 1.54) is 0 Å². The van der Waals surface area contributed by atoms with Gasteiger partial charge >= 0.3 is 0 Å². The summed E-state index contributed by atoms with van der Waals surface area (Å²) in [7, 11) is 0. The lowest BCUT2D eigenvalue weighted by atomic mass is 10.2. The van der Waals surface area contributed by atoms with Crippen LogP contribution in [-0.4, -0.2) is 23.7 Å². The van der Waals surface area contributed by atoms with Crippen LogP contribution < -0.4 is 0 Å². The van der Waals surface area contributed by atoms with Gasteiger partial charge in [0.15, 0.2) is 0 Å². The van der Waals surface area contributed by atoms with Crippen molar-refractivity contribution in [3.63, 3.8) is 0 Å². The smallest absolute Gasteiger partial charge is 0.210 e. The third kappa shape index (κ3) is 3.47. The fraction of sp³-hybridized carbons (Fsp3) is 0.300. The molecule has 0 aliphatic carbocycles. The van der Waals surface area contributed by atoms with E-state index in [0.717, 1.165) is 12.0 Å². The van der Waals surface area contributed by atoms with E-state index in [9.17, 15) is 4.79 Å². The molecule has 70 valence electrons. The van der Waals surface area contributed by atoms with Crippen molar-refractivity contribution in [1.82, 2.24) is 4.90 Å². The zero-order chi connectivity index (χ0) is 9.52. The average Bonchev–Trinajstić information content (AvgIpc) is 2.19. The number of alkyl halides is 1. The SMILES string of the molecule is O=CN(CCCl)Cc1ccccc1. The van der Waals surface area contributed by atoms with Crippen LogP contribution in [0.2, 0.25) is 0 Å². The third-order valence-corrected chi connectivity index (χ3v) is 1.92. The molecule has 0 atom stereocenters. The second-order valence-corrected chi connectivity index (χ2v) is 3.13. The Morgan fingerprint density at radius 1 is 1.31 bits per heavy atom. The predicted molar refractivity (Wildman–Crippen MR) is 53.6 cm³/mol. The van der Waals surface area contributed by atoms with Crippen molar-refractivity contribution in [2.45, 2.75) is 6.54 Å². The van der Waals surface area contributed by atoms with Gasteiger partial charge in [0.1, 0.15) is 0 Å². The lowest BCUT2D eigenvalue weighted by Crippen LogP contribution is -2.23. The van der Waals surface area contributed by atoms with Gasteiger partial charge in [-0.25, -0.2) is 0 Å². The van der Waals surface area contributed by atoms with Crippen molar-refractivity contribution in [3.8, 4) is 0 Å². The zero-order valence-corrected chi connectivity index (χ0v) is 8.07. The van der Waals surface area contributed by atoms with Crippen molar-refractivity contribution in [1.29, 1.82) is 0 Å². The maximum atomic E-state index is 10.6. The molecule has 0 N–H and O–H groups in total. The second-order valence-electron chi connectivity index (χ2n) is 2.75. The molecule has 0 aliphatic heterocycles. The number of carbonyl (C=O) groups excluding carboxylic acids is 1. The molecule has 0 saturated carbocycles. The fourth-order valence-electron chi connectivity index (χ4n) is 1.10. The maximum absolute atomic E-state index is 10.6. The highest BCUT2D eigenvalue weighted by Crippen LogP contribution is 2.02. The number of benzene rings is 1. The van der Waals surface area contributed by atoms with Crippen molar-refractivity contribution >= 4 is 18.0 Å². The Hall–Kier alpha value is -1.02. The Kier molecular flexibility index (Phi) is 4.33. The van der Waals surface area contributed by atoms with E-state index >= 15 is 0 Å². The molecule has 0 bridgehead atoms. The molecule has 1 rings (SSSR count). The lowest BCUT2D eigenvalue weighted by Gasteiger charge is -2.15. The van der Waals surface area contributed by atoms with Crippen LogP contribution in [0.5, 0.6) is 0 Å². The van der Waals surface area contributed by atoms with Crippen LogP contribution in [-0.2, 0) is 11.3 Å². The van der Waals surface area contributed by atoms with Crippen molar-refractivity contribution in [2.75, 3.05) is 12.4 Å². The molecular weight excluding hydrogens is 186 g/mol. The van der Waals surface area contributed by atoms with Crippen LogP contribution >= 0.6 is 11.6 Å². The number of rotatable bonds is 5. The van der Waals surface area contributed by atoms with E-state index in [-0.39, 0.29) is 0 Å². The number of halogens is 1. The van der Waals surface area contributed by atoms with Gasteiger partial charge in [-0.1, -0.05) is 30.3 Å². The van der Waals surface area contributed by atoms with Crippen molar-refractivity contribution < 1.29 is 4.79 Å². The summed E-state index contributed by atoms with van der Waals surface area (Å²) in [6.45, 7) is 1.23. The first kappa shape index (κ1) is 10.1. The summed E-state index contributed by atoms with van der Waals surface area (Å²) in [5.41, 5.74) is 1.12. The number of hydrogen-bond donors (Lipinski definition) is 0. The molecule has 0 aromatic heterocycles. The van der Waals surface area contributed by atoms with Crippen LogP contribution in [0.15, 0.2) is 30.3 Å². The Morgan fingerprint density at radius 2 is 2.00 bits per heavy atom. The second kappa shape index (κ2) is 5.60. The number of nitrogens with zero attached hydrogens (tertiary/aromatic N) is 1. The van der Waals surface area contributed by atoms with E-state index in [1.54, 1.807) is 4.90 Å². The van der Waals surface area contributed by atoms with Gasteiger partial charge in [-0.2, -0.15) is 0 Å². The number of carbonyl (C=O) groups is 1. The monoisotopic (exact) mass is 197 g/mol. The average molecular weight is 198 g/mol. The fourth-order valence-corrected chi connectivity index (χ4v) is 1.31. The van der Waals surface area contributed by atoms with E-state index in [2.05, 4.69) is 0 Å². The summed E-state index contributed by atoms with van der Waals surface area (Å²) in [5.74, 6) is 0.478. The minimum Gasteiger partial charge on any atom is -0.340 e. The normalized spacial score (nSPS) is 9.62. The first-order valence-electron chi connectivity index (χ1n) is 4.16. The largest absolute Gasteiger partial charge is 0.340 e. The highest BCUT2D eigenvalue weighted by Gasteiger charge is 2.00. The molecule has 0 saturated heterocycles. The molecule has 2 nitrogen and oxygen atoms in total. The van der Waals surface area contributed by atoms with Gasteiger partial charge < -0.3 is 4.90 Å². The molecule has 0 fully saturated rings. The summed E-state index contributed by atoms with van der Waals surface area (Å²) in [6, 6.07) is 9.85. The molecule has 0 spiro atoms. The van der Waals surface area contributed by atoms with Gasteiger partial charge in [0.25, 0.3) is 0 Å². The summed E-state index contributed by atoms with van der Waals surface area (Å²) in [6.07, 6.45) is 0.829. The summed E-state index contributed by atoms with van der Waals surface area (Å²) in [4.78, 5) is 12.2. The summed E-state index contributed by atoms with van der Waals surface area (Å²) < 4.78 is 0. The van der Waals surface area contributed by atoms with Gasteiger partial charge in [0, 0.05) is 19.0 Å². The summed E-state index contributed by atoms with van der Waals surface area (Å²) in [5, 5.41) is 0. The number of hydrogen-bond acceptors (Lipinski definition) is 1. The minimum atomic E-state index is 0.478. The first-order valence-corrected chi connectivity index (χ1v) is 4.69. The Labute approximate surface area is 83.1 Å². The molecule has 0 aliphatic rings. The molecule has 1 aromatic carbocycles. The minimum absolute atomic E-state index is 0.478. The topological polar surface area (TPSA) is 20.3 Å². The van der Waals surface area contributed by atoms with Crippen LogP contribution in [0.3, 0.4) is 0 Å². The van der Waals surface area contributed by atoms with Crippen molar-refractivity contribution in [3.05, 3.63) is 35.9 Å². The van der Waals surface area contributed by atoms with Gasteiger partial charge in [0.05, 0.1) is 0 Å². The molecule has 0 unspecified atom stereocenters. The lowest BCUT2D eigenvalue weighted by molar-refractivity contribution is -0.118. The Bertz CT molecular complexity index is 250. The molecule has 1 aromatic rings. The van der Waals surface area contributed by atoms with Gasteiger partial charge in [0.2, 0.25) is 6.41 Å². The van der Waals surface area contributed by atoms with E-state index in [4.69, 9.17) is 11.6 Å². The Balaban J connectivity index is 2.51. The molecule has 13 heavy (non-hydrogen) atoms. The highest BCUT2D eigenvalue weighted by molar-refractivity contribution is 6.18. The standard InChI is InChI=1S/C10H12ClNO/c11-6-7-12(9-13)8-10-4-2-1-3-5-10/h1-5,9H,6-8H2. The van der Waals surface area contributed by atoms with Gasteiger partial charge in [-0.15, -0.1) is 11.6 Å². The van der Waals surface area contributed by atoms with E-state index < -0.39 is 0 Å². The third-order valence-electron chi connectivity index (χ3n) is 1.75. The molecule has 3 heteroatoms. The van der Waals surface area contributed by atoms with Crippen LogP contribution in [0.4, 0.5) is 0 Å². The molecule has 0 heterocycles. The highest BCUT2D eigenvalue weighted by atomic mass is 35.5. The van der Waals surface area contributed by atoms with Gasteiger partial charge in [-0.05, 0) is 5.56 Å².